The number of rotatable bonds is 5. The minimum Gasteiger partial charge on any atom is -0.246 e. The normalized spacial score (nSPS) is 12.8. The van der Waals surface area contributed by atoms with Crippen molar-refractivity contribution in [1.82, 2.24) is 19.9 Å². The third-order valence-electron chi connectivity index (χ3n) is 3.54. The van der Waals surface area contributed by atoms with Gasteiger partial charge in [0, 0.05) is 5.92 Å². The highest BCUT2D eigenvalue weighted by Gasteiger charge is 2.11. The van der Waals surface area contributed by atoms with Crippen LogP contribution in [-0.2, 0) is 0 Å². The second kappa shape index (κ2) is 6.04. The van der Waals surface area contributed by atoms with Gasteiger partial charge in [-0.15, -0.1) is 0 Å². The largest absolute Gasteiger partial charge is 0.246 e. The van der Waals surface area contributed by atoms with Crippen molar-refractivity contribution < 1.29 is 0 Å². The Morgan fingerprint density at radius 1 is 1.05 bits per heavy atom. The fourth-order valence-corrected chi connectivity index (χ4v) is 2.11. The van der Waals surface area contributed by atoms with Gasteiger partial charge in [-0.25, -0.2) is 19.9 Å². The third-order valence-corrected chi connectivity index (χ3v) is 3.54. The smallest absolute Gasteiger partial charge is 0.181 e. The summed E-state index contributed by atoms with van der Waals surface area (Å²) in [6.45, 7) is 8.33. The molecule has 4 nitrogen and oxygen atoms in total. The zero-order chi connectivity index (χ0) is 13.8. The molecule has 2 rings (SSSR count). The van der Waals surface area contributed by atoms with Gasteiger partial charge in [0.2, 0.25) is 0 Å². The molecule has 1 unspecified atom stereocenters. The quantitative estimate of drug-likeness (QED) is 0.767. The minimum atomic E-state index is 0.388. The van der Waals surface area contributed by atoms with Crippen molar-refractivity contribution >= 4 is 11.2 Å². The number of hydrogen-bond acceptors (Lipinski definition) is 4. The lowest BCUT2D eigenvalue weighted by molar-refractivity contribution is 0.577. The topological polar surface area (TPSA) is 51.6 Å². The number of aryl methyl sites for hydroxylation is 2. The Bertz CT molecular complexity index is 565. The Balaban J connectivity index is 2.23. The second-order valence-corrected chi connectivity index (χ2v) is 5.23. The van der Waals surface area contributed by atoms with Gasteiger partial charge in [0.05, 0.1) is 17.6 Å². The molecule has 0 fully saturated rings. The van der Waals surface area contributed by atoms with Gasteiger partial charge in [-0.3, -0.25) is 0 Å². The van der Waals surface area contributed by atoms with E-state index in [-0.39, 0.29) is 0 Å². The predicted molar refractivity (Wildman–Crippen MR) is 77.2 cm³/mol. The van der Waals surface area contributed by atoms with Gasteiger partial charge >= 0.3 is 0 Å². The van der Waals surface area contributed by atoms with Gasteiger partial charge in [0.15, 0.2) is 5.65 Å². The molecule has 102 valence electrons. The van der Waals surface area contributed by atoms with Crippen LogP contribution in [0.1, 0.15) is 62.7 Å². The van der Waals surface area contributed by atoms with Crippen LogP contribution in [0.15, 0.2) is 6.20 Å². The van der Waals surface area contributed by atoms with Crippen LogP contribution in [-0.4, -0.2) is 19.9 Å². The van der Waals surface area contributed by atoms with Crippen LogP contribution in [0.2, 0.25) is 0 Å². The average molecular weight is 258 g/mol. The van der Waals surface area contributed by atoms with E-state index >= 15 is 0 Å². The standard InChI is InChI=1S/C15H22N4/c1-5-6-7-8-10(2)14-16-9-13-15(19-14)18-12(4)11(3)17-13/h9-10H,5-8H2,1-4H3. The molecule has 2 heterocycles. The number of hydrogen-bond donors (Lipinski definition) is 0. The van der Waals surface area contributed by atoms with E-state index in [1.807, 2.05) is 13.8 Å². The number of fused-ring (bicyclic) bond motifs is 1. The first kappa shape index (κ1) is 13.8. The van der Waals surface area contributed by atoms with Crippen LogP contribution >= 0.6 is 0 Å². The van der Waals surface area contributed by atoms with Gasteiger partial charge in [0.25, 0.3) is 0 Å². The van der Waals surface area contributed by atoms with Gasteiger partial charge in [-0.1, -0.05) is 33.1 Å². The van der Waals surface area contributed by atoms with Crippen molar-refractivity contribution in [3.05, 3.63) is 23.4 Å². The van der Waals surface area contributed by atoms with Crippen LogP contribution in [0.4, 0.5) is 0 Å². The molecule has 0 aliphatic heterocycles. The van der Waals surface area contributed by atoms with Crippen molar-refractivity contribution in [1.29, 1.82) is 0 Å². The summed E-state index contributed by atoms with van der Waals surface area (Å²) in [7, 11) is 0. The summed E-state index contributed by atoms with van der Waals surface area (Å²) in [5.74, 6) is 1.28. The summed E-state index contributed by atoms with van der Waals surface area (Å²) < 4.78 is 0. The van der Waals surface area contributed by atoms with Gasteiger partial charge < -0.3 is 0 Å². The molecule has 2 aromatic rings. The van der Waals surface area contributed by atoms with E-state index in [1.54, 1.807) is 6.20 Å². The fraction of sp³-hybridized carbons (Fsp3) is 0.600. The summed E-state index contributed by atoms with van der Waals surface area (Å²) in [5.41, 5.74) is 3.39. The van der Waals surface area contributed by atoms with Crippen molar-refractivity contribution in [2.75, 3.05) is 0 Å². The number of nitrogens with zero attached hydrogens (tertiary/aromatic N) is 4. The third kappa shape index (κ3) is 3.25. The van der Waals surface area contributed by atoms with E-state index in [2.05, 4.69) is 33.8 Å². The molecule has 1 atom stereocenters. The maximum atomic E-state index is 4.57. The van der Waals surface area contributed by atoms with E-state index in [4.69, 9.17) is 0 Å². The molecule has 0 aromatic carbocycles. The predicted octanol–water partition coefficient (Wildman–Crippen LogP) is 3.72. The first-order valence-electron chi connectivity index (χ1n) is 7.09. The SMILES string of the molecule is CCCCCC(C)c1ncc2nc(C)c(C)nc2n1. The summed E-state index contributed by atoms with van der Waals surface area (Å²) in [5, 5.41) is 0. The van der Waals surface area contributed by atoms with Crippen LogP contribution in [0.3, 0.4) is 0 Å². The Morgan fingerprint density at radius 2 is 1.79 bits per heavy atom. The van der Waals surface area contributed by atoms with Crippen molar-refractivity contribution in [2.24, 2.45) is 0 Å². The van der Waals surface area contributed by atoms with Crippen LogP contribution in [0.5, 0.6) is 0 Å². The second-order valence-electron chi connectivity index (χ2n) is 5.23. The van der Waals surface area contributed by atoms with Crippen LogP contribution < -0.4 is 0 Å². The Kier molecular flexibility index (Phi) is 4.40. The molecule has 0 saturated heterocycles. The highest BCUT2D eigenvalue weighted by molar-refractivity contribution is 5.68. The summed E-state index contributed by atoms with van der Waals surface area (Å²) in [6.07, 6.45) is 6.69. The minimum absolute atomic E-state index is 0.388. The molecule has 0 amide bonds. The molecular formula is C15H22N4. The zero-order valence-electron chi connectivity index (χ0n) is 12.3. The van der Waals surface area contributed by atoms with E-state index in [0.717, 1.165) is 34.8 Å². The lowest BCUT2D eigenvalue weighted by atomic mass is 10.0. The zero-order valence-corrected chi connectivity index (χ0v) is 12.3. The molecule has 0 saturated carbocycles. The molecule has 0 spiro atoms. The first-order valence-corrected chi connectivity index (χ1v) is 7.09. The molecule has 19 heavy (non-hydrogen) atoms. The Hall–Kier alpha value is -1.58. The Morgan fingerprint density at radius 3 is 2.53 bits per heavy atom. The fourth-order valence-electron chi connectivity index (χ4n) is 2.11. The Labute approximate surface area is 114 Å². The van der Waals surface area contributed by atoms with Crippen molar-refractivity contribution in [3.63, 3.8) is 0 Å². The summed E-state index contributed by atoms with van der Waals surface area (Å²) in [4.78, 5) is 18.0. The molecular weight excluding hydrogens is 236 g/mol. The first-order chi connectivity index (χ1) is 9.11. The summed E-state index contributed by atoms with van der Waals surface area (Å²) in [6, 6.07) is 0. The average Bonchev–Trinajstić information content (AvgIpc) is 2.40. The molecule has 2 aromatic heterocycles. The monoisotopic (exact) mass is 258 g/mol. The molecule has 4 heteroatoms. The molecule has 0 N–H and O–H groups in total. The van der Waals surface area contributed by atoms with Gasteiger partial charge in [-0.05, 0) is 20.3 Å². The summed E-state index contributed by atoms with van der Waals surface area (Å²) >= 11 is 0. The van der Waals surface area contributed by atoms with E-state index < -0.39 is 0 Å². The van der Waals surface area contributed by atoms with Crippen LogP contribution in [0.25, 0.3) is 11.2 Å². The molecule has 0 aliphatic carbocycles. The highest BCUT2D eigenvalue weighted by atomic mass is 15.0. The van der Waals surface area contributed by atoms with Crippen molar-refractivity contribution in [2.45, 2.75) is 59.3 Å². The maximum Gasteiger partial charge on any atom is 0.181 e. The maximum absolute atomic E-state index is 4.57. The van der Waals surface area contributed by atoms with E-state index in [0.29, 0.717) is 5.92 Å². The van der Waals surface area contributed by atoms with Crippen molar-refractivity contribution in [3.8, 4) is 0 Å². The number of unbranched alkanes of at least 4 members (excludes halogenated alkanes) is 2. The van der Waals surface area contributed by atoms with Gasteiger partial charge in [-0.2, -0.15) is 0 Å². The number of aromatic nitrogens is 4. The molecule has 0 bridgehead atoms. The van der Waals surface area contributed by atoms with Gasteiger partial charge in [0.1, 0.15) is 11.3 Å². The molecule has 0 aliphatic rings. The molecule has 0 radical (unpaired) electrons. The highest BCUT2D eigenvalue weighted by Crippen LogP contribution is 2.20. The van der Waals surface area contributed by atoms with E-state index in [9.17, 15) is 0 Å². The van der Waals surface area contributed by atoms with Crippen LogP contribution in [0, 0.1) is 13.8 Å². The van der Waals surface area contributed by atoms with E-state index in [1.165, 1.54) is 19.3 Å². The lowest BCUT2D eigenvalue weighted by Gasteiger charge is -2.10. The lowest BCUT2D eigenvalue weighted by Crippen LogP contribution is -2.04.